The van der Waals surface area contributed by atoms with Crippen molar-refractivity contribution < 1.29 is 18.7 Å². The van der Waals surface area contributed by atoms with Gasteiger partial charge in [0.2, 0.25) is 0 Å². The molecule has 2 unspecified atom stereocenters. The number of halogens is 1. The van der Waals surface area contributed by atoms with Crippen LogP contribution in [0.4, 0.5) is 4.39 Å². The second-order valence-corrected chi connectivity index (χ2v) is 6.67. The first-order valence-electron chi connectivity index (χ1n) is 9.37. The summed E-state index contributed by atoms with van der Waals surface area (Å²) < 4.78 is 19.3. The predicted octanol–water partition coefficient (Wildman–Crippen LogP) is 4.97. The molecule has 4 nitrogen and oxygen atoms in total. The van der Waals surface area contributed by atoms with Crippen LogP contribution < -0.4 is 0 Å². The molecule has 3 aromatic rings. The lowest BCUT2D eigenvalue weighted by Gasteiger charge is -2.18. The molecule has 0 fully saturated rings. The highest BCUT2D eigenvalue weighted by Gasteiger charge is 2.30. The molecule has 0 spiro atoms. The van der Waals surface area contributed by atoms with Crippen molar-refractivity contribution in [3.8, 4) is 6.07 Å². The number of carbonyl (C=O) groups is 2. The molecule has 0 amide bonds. The fourth-order valence-electron chi connectivity index (χ4n) is 3.26. The van der Waals surface area contributed by atoms with E-state index in [4.69, 9.17) is 10.00 Å². The van der Waals surface area contributed by atoms with Crippen LogP contribution in [-0.2, 0) is 9.53 Å². The highest BCUT2D eigenvalue weighted by atomic mass is 19.1. The summed E-state index contributed by atoms with van der Waals surface area (Å²) >= 11 is 0. The topological polar surface area (TPSA) is 67.2 Å². The van der Waals surface area contributed by atoms with Gasteiger partial charge in [0.15, 0.2) is 12.0 Å². The Balaban J connectivity index is 1.96. The summed E-state index contributed by atoms with van der Waals surface area (Å²) in [5.41, 5.74) is 1.43. The number of ether oxygens (including phenoxy) is 1. The van der Waals surface area contributed by atoms with Crippen molar-refractivity contribution in [1.29, 1.82) is 5.26 Å². The van der Waals surface area contributed by atoms with E-state index >= 15 is 0 Å². The fourth-order valence-corrected chi connectivity index (χ4v) is 3.26. The average molecular weight is 389 g/mol. The molecule has 0 saturated carbocycles. The van der Waals surface area contributed by atoms with Crippen molar-refractivity contribution in [1.82, 2.24) is 0 Å². The second kappa shape index (κ2) is 9.11. The van der Waals surface area contributed by atoms with Crippen molar-refractivity contribution in [2.75, 3.05) is 6.61 Å². The van der Waals surface area contributed by atoms with Gasteiger partial charge in [-0.15, -0.1) is 0 Å². The molecule has 0 aliphatic carbocycles. The summed E-state index contributed by atoms with van der Waals surface area (Å²) in [5, 5.41) is 10.9. The SMILES string of the molecule is CCOC(=O)C(F)CC(C(=O)c1ccc2ccccc2c1)c1ccc(C#N)cc1. The van der Waals surface area contributed by atoms with Gasteiger partial charge < -0.3 is 4.74 Å². The Hall–Kier alpha value is -3.52. The van der Waals surface area contributed by atoms with Gasteiger partial charge in [-0.1, -0.05) is 48.5 Å². The standard InChI is InChI=1S/C24H20FNO3/c1-2-29-24(28)22(25)14-21(18-9-7-16(15-26)8-10-18)23(27)20-12-11-17-5-3-4-6-19(17)13-20/h3-13,21-22H,2,14H2,1H3. The summed E-state index contributed by atoms with van der Waals surface area (Å²) in [6.45, 7) is 1.67. The molecule has 5 heteroatoms. The van der Waals surface area contributed by atoms with Crippen LogP contribution in [0.3, 0.4) is 0 Å². The summed E-state index contributed by atoms with van der Waals surface area (Å²) in [6.07, 6.45) is -2.24. The molecule has 0 N–H and O–H groups in total. The van der Waals surface area contributed by atoms with Crippen molar-refractivity contribution in [3.05, 3.63) is 83.4 Å². The Kier molecular flexibility index (Phi) is 6.36. The van der Waals surface area contributed by atoms with Crippen LogP contribution in [0.2, 0.25) is 0 Å². The van der Waals surface area contributed by atoms with Gasteiger partial charge in [-0.3, -0.25) is 4.79 Å². The van der Waals surface area contributed by atoms with E-state index in [1.165, 1.54) is 0 Å². The molecule has 2 atom stereocenters. The molecule has 0 aliphatic rings. The van der Waals surface area contributed by atoms with Crippen molar-refractivity contribution in [2.24, 2.45) is 0 Å². The number of benzene rings is 3. The van der Waals surface area contributed by atoms with E-state index in [2.05, 4.69) is 0 Å². The molecule has 0 bridgehead atoms. The third kappa shape index (κ3) is 4.67. The number of alkyl halides is 1. The number of hydrogen-bond donors (Lipinski definition) is 0. The Morgan fingerprint density at radius 1 is 1.03 bits per heavy atom. The average Bonchev–Trinajstić information content (AvgIpc) is 2.76. The number of nitriles is 1. The molecule has 0 aliphatic heterocycles. The molecular weight excluding hydrogens is 369 g/mol. The minimum absolute atomic E-state index is 0.0689. The summed E-state index contributed by atoms with van der Waals surface area (Å²) in [7, 11) is 0. The van der Waals surface area contributed by atoms with Gasteiger partial charge >= 0.3 is 5.97 Å². The predicted molar refractivity (Wildman–Crippen MR) is 108 cm³/mol. The maximum atomic E-state index is 14.5. The monoisotopic (exact) mass is 389 g/mol. The number of rotatable bonds is 7. The molecule has 0 aromatic heterocycles. The highest BCUT2D eigenvalue weighted by molar-refractivity contribution is 6.04. The van der Waals surface area contributed by atoms with Crippen molar-refractivity contribution in [2.45, 2.75) is 25.4 Å². The third-order valence-electron chi connectivity index (χ3n) is 4.78. The van der Waals surface area contributed by atoms with Gasteiger partial charge in [0.25, 0.3) is 0 Å². The van der Waals surface area contributed by atoms with Gasteiger partial charge in [-0.25, -0.2) is 9.18 Å². The molecule has 0 heterocycles. The minimum atomic E-state index is -1.92. The Labute approximate surface area is 168 Å². The number of carbonyl (C=O) groups excluding carboxylic acids is 2. The van der Waals surface area contributed by atoms with Gasteiger partial charge in [-0.2, -0.15) is 5.26 Å². The number of hydrogen-bond acceptors (Lipinski definition) is 4. The Bertz CT molecular complexity index is 1070. The van der Waals surface area contributed by atoms with E-state index in [0.717, 1.165) is 10.8 Å². The zero-order chi connectivity index (χ0) is 20.8. The lowest BCUT2D eigenvalue weighted by atomic mass is 9.85. The van der Waals surface area contributed by atoms with Crippen LogP contribution in [0, 0.1) is 11.3 Å². The molecule has 0 saturated heterocycles. The highest BCUT2D eigenvalue weighted by Crippen LogP contribution is 2.29. The van der Waals surface area contributed by atoms with Gasteiger partial charge in [0.1, 0.15) is 0 Å². The maximum Gasteiger partial charge on any atom is 0.340 e. The van der Waals surface area contributed by atoms with Crippen LogP contribution in [0.1, 0.15) is 40.7 Å². The number of Topliss-reactive ketones (excluding diaryl/α,β-unsaturated/α-hetero) is 1. The van der Waals surface area contributed by atoms with Crippen molar-refractivity contribution >= 4 is 22.5 Å². The van der Waals surface area contributed by atoms with E-state index in [1.54, 1.807) is 43.3 Å². The summed E-state index contributed by atoms with van der Waals surface area (Å²) in [6, 6.07) is 21.4. The zero-order valence-corrected chi connectivity index (χ0v) is 16.0. The van der Waals surface area contributed by atoms with Crippen LogP contribution in [0.5, 0.6) is 0 Å². The number of nitrogens with zero attached hydrogens (tertiary/aromatic N) is 1. The first-order valence-corrected chi connectivity index (χ1v) is 9.37. The molecule has 0 radical (unpaired) electrons. The molecule has 146 valence electrons. The Morgan fingerprint density at radius 3 is 2.38 bits per heavy atom. The van der Waals surface area contributed by atoms with E-state index in [-0.39, 0.29) is 18.8 Å². The molecule has 3 aromatic carbocycles. The lowest BCUT2D eigenvalue weighted by molar-refractivity contribution is -0.149. The Morgan fingerprint density at radius 2 is 1.72 bits per heavy atom. The quantitative estimate of drug-likeness (QED) is 0.423. The van der Waals surface area contributed by atoms with Gasteiger partial charge in [0.05, 0.1) is 24.2 Å². The van der Waals surface area contributed by atoms with E-state index in [0.29, 0.717) is 16.7 Å². The molecular formula is C24H20FNO3. The van der Waals surface area contributed by atoms with E-state index < -0.39 is 18.1 Å². The smallest absolute Gasteiger partial charge is 0.340 e. The number of ketones is 1. The molecule has 29 heavy (non-hydrogen) atoms. The normalized spacial score (nSPS) is 12.7. The fraction of sp³-hybridized carbons (Fsp3) is 0.208. The minimum Gasteiger partial charge on any atom is -0.464 e. The van der Waals surface area contributed by atoms with Crippen molar-refractivity contribution in [3.63, 3.8) is 0 Å². The first-order chi connectivity index (χ1) is 14.0. The summed E-state index contributed by atoms with van der Waals surface area (Å²) in [5.74, 6) is -2.13. The summed E-state index contributed by atoms with van der Waals surface area (Å²) in [4.78, 5) is 25.1. The van der Waals surface area contributed by atoms with E-state index in [9.17, 15) is 14.0 Å². The molecule has 3 rings (SSSR count). The second-order valence-electron chi connectivity index (χ2n) is 6.67. The van der Waals surface area contributed by atoms with Crippen LogP contribution >= 0.6 is 0 Å². The number of esters is 1. The maximum absolute atomic E-state index is 14.5. The zero-order valence-electron chi connectivity index (χ0n) is 16.0. The van der Waals surface area contributed by atoms with E-state index in [1.807, 2.05) is 36.4 Å². The lowest BCUT2D eigenvalue weighted by Crippen LogP contribution is -2.25. The third-order valence-corrected chi connectivity index (χ3v) is 4.78. The van der Waals surface area contributed by atoms with Gasteiger partial charge in [0, 0.05) is 12.0 Å². The van der Waals surface area contributed by atoms with Crippen LogP contribution in [0.15, 0.2) is 66.7 Å². The first kappa shape index (κ1) is 20.2. The van der Waals surface area contributed by atoms with Crippen LogP contribution in [0.25, 0.3) is 10.8 Å². The van der Waals surface area contributed by atoms with Crippen LogP contribution in [-0.4, -0.2) is 24.5 Å². The number of fused-ring (bicyclic) bond motifs is 1. The van der Waals surface area contributed by atoms with Gasteiger partial charge in [-0.05, 0) is 41.5 Å². The largest absolute Gasteiger partial charge is 0.464 e.